The molecule has 2 atom stereocenters. The molecule has 1 aromatic rings. The second-order valence-electron chi connectivity index (χ2n) is 4.73. The van der Waals surface area contributed by atoms with Gasteiger partial charge >= 0.3 is 0 Å². The minimum absolute atomic E-state index is 0.476. The number of hydrogen-bond donors (Lipinski definition) is 1. The summed E-state index contributed by atoms with van der Waals surface area (Å²) in [6.07, 6.45) is 3.54. The van der Waals surface area contributed by atoms with Crippen LogP contribution >= 0.6 is 0 Å². The molecule has 2 rings (SSSR count). The Balaban J connectivity index is 2.08. The van der Waals surface area contributed by atoms with Gasteiger partial charge in [-0.3, -0.25) is 0 Å². The van der Waals surface area contributed by atoms with Crippen LogP contribution in [0, 0.1) is 0 Å². The molecule has 1 aliphatic rings. The summed E-state index contributed by atoms with van der Waals surface area (Å²) in [4.78, 5) is 0. The first-order valence-electron chi connectivity index (χ1n) is 6.22. The van der Waals surface area contributed by atoms with E-state index in [-0.39, 0.29) is 0 Å². The van der Waals surface area contributed by atoms with E-state index in [0.717, 1.165) is 12.1 Å². The lowest BCUT2D eigenvalue weighted by atomic mass is 9.95. The van der Waals surface area contributed by atoms with Gasteiger partial charge in [0.25, 0.3) is 0 Å². The van der Waals surface area contributed by atoms with Crippen LogP contribution in [0.4, 0.5) is 4.39 Å². The van der Waals surface area contributed by atoms with Gasteiger partial charge in [0.05, 0.1) is 0 Å². The van der Waals surface area contributed by atoms with Gasteiger partial charge in [-0.15, -0.1) is 0 Å². The number of rotatable bonds is 3. The van der Waals surface area contributed by atoms with Crippen LogP contribution in [0.25, 0.3) is 0 Å². The molecular formula is C14H20FN. The molecule has 0 amide bonds. The predicted molar refractivity (Wildman–Crippen MR) is 65.3 cm³/mol. The third-order valence-corrected chi connectivity index (χ3v) is 3.18. The van der Waals surface area contributed by atoms with Crippen LogP contribution in [-0.2, 0) is 6.42 Å². The molecule has 1 aliphatic heterocycles. The molecule has 0 aliphatic carbocycles. The quantitative estimate of drug-likeness (QED) is 0.825. The van der Waals surface area contributed by atoms with Gasteiger partial charge in [0, 0.05) is 12.5 Å². The average Bonchev–Trinajstić information content (AvgIpc) is 2.30. The molecule has 0 saturated carbocycles. The minimum Gasteiger partial charge on any atom is -0.310 e. The van der Waals surface area contributed by atoms with Crippen LogP contribution in [0.2, 0.25) is 0 Å². The van der Waals surface area contributed by atoms with E-state index in [9.17, 15) is 4.39 Å². The summed E-state index contributed by atoms with van der Waals surface area (Å²) >= 11 is 0. The van der Waals surface area contributed by atoms with Gasteiger partial charge in [-0.1, -0.05) is 30.7 Å². The van der Waals surface area contributed by atoms with Crippen molar-refractivity contribution in [2.45, 2.75) is 44.8 Å². The second kappa shape index (κ2) is 5.44. The summed E-state index contributed by atoms with van der Waals surface area (Å²) in [6.45, 7) is 2.72. The van der Waals surface area contributed by atoms with Crippen molar-refractivity contribution in [2.24, 2.45) is 0 Å². The van der Waals surface area contributed by atoms with Gasteiger partial charge in [0.2, 0.25) is 0 Å². The van der Waals surface area contributed by atoms with Crippen molar-refractivity contribution in [2.75, 3.05) is 6.54 Å². The van der Waals surface area contributed by atoms with Crippen molar-refractivity contribution in [3.05, 3.63) is 35.4 Å². The zero-order chi connectivity index (χ0) is 11.4. The summed E-state index contributed by atoms with van der Waals surface area (Å²) in [5.41, 5.74) is 2.43. The molecule has 1 nitrogen and oxygen atoms in total. The number of nitrogens with one attached hydrogen (secondary N) is 1. The number of alkyl halides is 1. The van der Waals surface area contributed by atoms with E-state index < -0.39 is 6.17 Å². The Hall–Kier alpha value is -0.890. The Morgan fingerprint density at radius 1 is 1.44 bits per heavy atom. The van der Waals surface area contributed by atoms with Crippen LogP contribution < -0.4 is 5.32 Å². The fourth-order valence-electron chi connectivity index (χ4n) is 2.40. The second-order valence-corrected chi connectivity index (χ2v) is 4.73. The molecule has 88 valence electrons. The summed E-state index contributed by atoms with van der Waals surface area (Å²) in [5.74, 6) is 0. The van der Waals surface area contributed by atoms with Gasteiger partial charge in [-0.2, -0.15) is 0 Å². The first-order valence-corrected chi connectivity index (χ1v) is 6.22. The number of benzene rings is 1. The van der Waals surface area contributed by atoms with Crippen LogP contribution in [0.15, 0.2) is 24.3 Å². The zero-order valence-electron chi connectivity index (χ0n) is 9.88. The van der Waals surface area contributed by atoms with Crippen molar-refractivity contribution in [3.8, 4) is 0 Å². The topological polar surface area (TPSA) is 12.0 Å². The molecule has 1 fully saturated rings. The van der Waals surface area contributed by atoms with Crippen molar-refractivity contribution in [1.82, 2.24) is 5.32 Å². The van der Waals surface area contributed by atoms with Crippen LogP contribution in [-0.4, -0.2) is 12.7 Å². The SMILES string of the molecule is CC(F)Cc1cccc(C2CCCCN2)c1. The highest BCUT2D eigenvalue weighted by atomic mass is 19.1. The molecule has 0 spiro atoms. The molecule has 2 unspecified atom stereocenters. The van der Waals surface area contributed by atoms with E-state index in [1.165, 1.54) is 24.8 Å². The van der Waals surface area contributed by atoms with Gasteiger partial charge in [0.1, 0.15) is 6.17 Å². The molecule has 16 heavy (non-hydrogen) atoms. The van der Waals surface area contributed by atoms with E-state index in [0.29, 0.717) is 12.5 Å². The Bertz CT molecular complexity index is 329. The van der Waals surface area contributed by atoms with Crippen LogP contribution in [0.1, 0.15) is 43.4 Å². The lowest BCUT2D eigenvalue weighted by Gasteiger charge is -2.24. The van der Waals surface area contributed by atoms with Crippen molar-refractivity contribution < 1.29 is 4.39 Å². The van der Waals surface area contributed by atoms with Crippen LogP contribution in [0.5, 0.6) is 0 Å². The molecule has 1 aromatic carbocycles. The maximum absolute atomic E-state index is 12.9. The van der Waals surface area contributed by atoms with Crippen LogP contribution in [0.3, 0.4) is 0 Å². The highest BCUT2D eigenvalue weighted by molar-refractivity contribution is 5.26. The monoisotopic (exact) mass is 221 g/mol. The highest BCUT2D eigenvalue weighted by Gasteiger charge is 2.14. The highest BCUT2D eigenvalue weighted by Crippen LogP contribution is 2.23. The van der Waals surface area contributed by atoms with E-state index in [2.05, 4.69) is 17.4 Å². The van der Waals surface area contributed by atoms with Gasteiger partial charge in [-0.25, -0.2) is 4.39 Å². The van der Waals surface area contributed by atoms with E-state index in [4.69, 9.17) is 0 Å². The minimum atomic E-state index is -0.755. The molecule has 1 N–H and O–H groups in total. The zero-order valence-corrected chi connectivity index (χ0v) is 9.88. The Morgan fingerprint density at radius 2 is 2.31 bits per heavy atom. The van der Waals surface area contributed by atoms with Gasteiger partial charge in [0.15, 0.2) is 0 Å². The molecule has 0 aromatic heterocycles. The van der Waals surface area contributed by atoms with Gasteiger partial charge in [-0.05, 0) is 37.4 Å². The third-order valence-electron chi connectivity index (χ3n) is 3.18. The van der Waals surface area contributed by atoms with Gasteiger partial charge < -0.3 is 5.32 Å². The largest absolute Gasteiger partial charge is 0.310 e. The van der Waals surface area contributed by atoms with E-state index >= 15 is 0 Å². The lowest BCUT2D eigenvalue weighted by molar-refractivity contribution is 0.359. The molecule has 0 bridgehead atoms. The van der Waals surface area contributed by atoms with E-state index in [1.807, 2.05) is 12.1 Å². The smallest absolute Gasteiger partial charge is 0.101 e. The molecule has 1 saturated heterocycles. The number of piperidine rings is 1. The average molecular weight is 221 g/mol. The molecule has 1 heterocycles. The molecule has 2 heteroatoms. The maximum atomic E-state index is 12.9. The third kappa shape index (κ3) is 3.05. The maximum Gasteiger partial charge on any atom is 0.101 e. The molecular weight excluding hydrogens is 201 g/mol. The van der Waals surface area contributed by atoms with Crippen molar-refractivity contribution in [3.63, 3.8) is 0 Å². The summed E-state index contributed by atoms with van der Waals surface area (Å²) in [7, 11) is 0. The first-order chi connectivity index (χ1) is 7.75. The normalized spacial score (nSPS) is 23.0. The summed E-state index contributed by atoms with van der Waals surface area (Å²) < 4.78 is 12.9. The Kier molecular flexibility index (Phi) is 3.94. The lowest BCUT2D eigenvalue weighted by Crippen LogP contribution is -2.26. The fraction of sp³-hybridized carbons (Fsp3) is 0.571. The predicted octanol–water partition coefficient (Wildman–Crippen LogP) is 3.40. The number of hydrogen-bond acceptors (Lipinski definition) is 1. The Labute approximate surface area is 97.1 Å². The standard InChI is InChI=1S/C14H20FN/c1-11(15)9-12-5-4-6-13(10-12)14-7-2-3-8-16-14/h4-6,10-11,14,16H,2-3,7-9H2,1H3. The number of halogens is 1. The fourth-order valence-corrected chi connectivity index (χ4v) is 2.40. The van der Waals surface area contributed by atoms with Crippen molar-refractivity contribution in [1.29, 1.82) is 0 Å². The molecule has 0 radical (unpaired) electrons. The summed E-state index contributed by atoms with van der Waals surface area (Å²) in [5, 5.41) is 3.52. The van der Waals surface area contributed by atoms with Crippen molar-refractivity contribution >= 4 is 0 Å². The Morgan fingerprint density at radius 3 is 3.00 bits per heavy atom. The van der Waals surface area contributed by atoms with E-state index in [1.54, 1.807) is 6.92 Å². The summed E-state index contributed by atoms with van der Waals surface area (Å²) in [6, 6.07) is 8.84. The first kappa shape index (κ1) is 11.6.